The summed E-state index contributed by atoms with van der Waals surface area (Å²) in [7, 11) is 0. The van der Waals surface area contributed by atoms with Gasteiger partial charge in [-0.15, -0.1) is 0 Å². The van der Waals surface area contributed by atoms with Gasteiger partial charge in [-0.05, 0) is 64.7 Å². The zero-order chi connectivity index (χ0) is 26.2. The van der Waals surface area contributed by atoms with Crippen molar-refractivity contribution in [1.82, 2.24) is 9.13 Å². The van der Waals surface area contributed by atoms with Gasteiger partial charge in [-0.1, -0.05) is 97.1 Å². The minimum atomic E-state index is 1.18. The van der Waals surface area contributed by atoms with Gasteiger partial charge < -0.3 is 9.13 Å². The molecule has 0 aliphatic carbocycles. The zero-order valence-electron chi connectivity index (χ0n) is 21.8. The van der Waals surface area contributed by atoms with Crippen LogP contribution < -0.4 is 0 Å². The van der Waals surface area contributed by atoms with E-state index in [0.29, 0.717) is 0 Å². The Kier molecular flexibility index (Phi) is 4.36. The molecular formula is C38H24N2. The van der Waals surface area contributed by atoms with Gasteiger partial charge in [0.05, 0.1) is 22.1 Å². The number of aromatic nitrogens is 2. The molecule has 0 saturated carbocycles. The highest BCUT2D eigenvalue weighted by Gasteiger charge is 2.20. The van der Waals surface area contributed by atoms with Crippen LogP contribution in [0.4, 0.5) is 0 Å². The molecule has 0 bridgehead atoms. The van der Waals surface area contributed by atoms with Crippen LogP contribution in [0.5, 0.6) is 0 Å². The summed E-state index contributed by atoms with van der Waals surface area (Å²) in [5.41, 5.74) is 7.28. The summed E-state index contributed by atoms with van der Waals surface area (Å²) >= 11 is 0. The summed E-state index contributed by atoms with van der Waals surface area (Å²) in [6.07, 6.45) is 0. The standard InChI is InChI=1S/C38H24N2/c1-2-12-28(13-3-1)39-32-16-8-6-14-30(32)37-34(39)22-19-26-20-23-35-38(36(26)37)31-15-7-9-17-33(31)40(35)29-21-18-25-10-4-5-11-27(25)24-29/h1-24H. The summed E-state index contributed by atoms with van der Waals surface area (Å²) in [5.74, 6) is 0. The van der Waals surface area contributed by atoms with Gasteiger partial charge in [-0.3, -0.25) is 0 Å². The van der Waals surface area contributed by atoms with E-state index in [0.717, 1.165) is 0 Å². The maximum atomic E-state index is 2.44. The molecule has 0 saturated heterocycles. The molecule has 0 radical (unpaired) electrons. The van der Waals surface area contributed by atoms with Crippen molar-refractivity contribution in [2.75, 3.05) is 0 Å². The molecule has 7 aromatic carbocycles. The summed E-state index contributed by atoms with van der Waals surface area (Å²) < 4.78 is 4.84. The Morgan fingerprint density at radius 3 is 1.50 bits per heavy atom. The Hall–Kier alpha value is -5.34. The predicted molar refractivity (Wildman–Crippen MR) is 170 cm³/mol. The average molecular weight is 509 g/mol. The third-order valence-electron chi connectivity index (χ3n) is 8.46. The third-order valence-corrected chi connectivity index (χ3v) is 8.46. The van der Waals surface area contributed by atoms with E-state index >= 15 is 0 Å². The van der Waals surface area contributed by atoms with Gasteiger partial charge in [-0.2, -0.15) is 0 Å². The Morgan fingerprint density at radius 2 is 0.825 bits per heavy atom. The Balaban J connectivity index is 1.49. The van der Waals surface area contributed by atoms with Gasteiger partial charge in [-0.25, -0.2) is 0 Å². The lowest BCUT2D eigenvalue weighted by Crippen LogP contribution is -1.94. The van der Waals surface area contributed by atoms with Gasteiger partial charge in [0.25, 0.3) is 0 Å². The lowest BCUT2D eigenvalue weighted by Gasteiger charge is -2.10. The maximum Gasteiger partial charge on any atom is 0.0547 e. The molecule has 186 valence electrons. The minimum Gasteiger partial charge on any atom is -0.309 e. The van der Waals surface area contributed by atoms with Crippen LogP contribution in [0.3, 0.4) is 0 Å². The summed E-state index contributed by atoms with van der Waals surface area (Å²) in [4.78, 5) is 0. The maximum absolute atomic E-state index is 2.44. The first kappa shape index (κ1) is 21.6. The number of hydrogen-bond acceptors (Lipinski definition) is 0. The number of para-hydroxylation sites is 3. The first-order valence-corrected chi connectivity index (χ1v) is 13.8. The molecule has 2 aromatic heterocycles. The highest BCUT2D eigenvalue weighted by atomic mass is 15.0. The van der Waals surface area contributed by atoms with Crippen LogP contribution in [-0.2, 0) is 0 Å². The molecule has 2 heterocycles. The van der Waals surface area contributed by atoms with E-state index in [2.05, 4.69) is 155 Å². The molecule has 0 unspecified atom stereocenters. The van der Waals surface area contributed by atoms with Crippen molar-refractivity contribution in [1.29, 1.82) is 0 Å². The molecule has 9 rings (SSSR count). The van der Waals surface area contributed by atoms with Crippen LogP contribution in [-0.4, -0.2) is 9.13 Å². The van der Waals surface area contributed by atoms with Crippen LogP contribution in [0.15, 0.2) is 146 Å². The molecule has 9 aromatic rings. The van der Waals surface area contributed by atoms with Crippen molar-refractivity contribution >= 4 is 65.2 Å². The average Bonchev–Trinajstić information content (AvgIpc) is 3.54. The Morgan fingerprint density at radius 1 is 0.300 bits per heavy atom. The Bertz CT molecular complexity index is 2420. The van der Waals surface area contributed by atoms with Gasteiger partial charge in [0.15, 0.2) is 0 Å². The van der Waals surface area contributed by atoms with Crippen LogP contribution in [0.25, 0.3) is 76.5 Å². The van der Waals surface area contributed by atoms with E-state index in [9.17, 15) is 0 Å². The minimum absolute atomic E-state index is 1.18. The molecule has 2 heteroatoms. The zero-order valence-corrected chi connectivity index (χ0v) is 21.8. The molecule has 2 nitrogen and oxygen atoms in total. The van der Waals surface area contributed by atoms with Crippen molar-refractivity contribution in [2.24, 2.45) is 0 Å². The largest absolute Gasteiger partial charge is 0.309 e. The van der Waals surface area contributed by atoms with E-state index in [1.54, 1.807) is 0 Å². The van der Waals surface area contributed by atoms with Crippen LogP contribution in [0.2, 0.25) is 0 Å². The fourth-order valence-corrected chi connectivity index (χ4v) is 6.78. The molecular weight excluding hydrogens is 484 g/mol. The smallest absolute Gasteiger partial charge is 0.0547 e. The van der Waals surface area contributed by atoms with E-state index < -0.39 is 0 Å². The monoisotopic (exact) mass is 508 g/mol. The summed E-state index contributed by atoms with van der Waals surface area (Å²) in [6, 6.07) is 53.0. The first-order valence-electron chi connectivity index (χ1n) is 13.8. The highest BCUT2D eigenvalue weighted by molar-refractivity contribution is 6.33. The second-order valence-corrected chi connectivity index (χ2v) is 10.6. The number of rotatable bonds is 2. The third kappa shape index (κ3) is 2.88. The normalized spacial score (nSPS) is 12.0. The van der Waals surface area contributed by atoms with E-state index in [4.69, 9.17) is 0 Å². The highest BCUT2D eigenvalue weighted by Crippen LogP contribution is 2.43. The molecule has 0 atom stereocenters. The van der Waals surface area contributed by atoms with Crippen molar-refractivity contribution in [2.45, 2.75) is 0 Å². The van der Waals surface area contributed by atoms with Crippen LogP contribution in [0, 0.1) is 0 Å². The van der Waals surface area contributed by atoms with Gasteiger partial charge in [0.1, 0.15) is 0 Å². The molecule has 0 N–H and O–H groups in total. The van der Waals surface area contributed by atoms with Crippen molar-refractivity contribution in [3.63, 3.8) is 0 Å². The molecule has 40 heavy (non-hydrogen) atoms. The van der Waals surface area contributed by atoms with Crippen molar-refractivity contribution in [3.05, 3.63) is 146 Å². The molecule has 0 amide bonds. The second-order valence-electron chi connectivity index (χ2n) is 10.6. The fourth-order valence-electron chi connectivity index (χ4n) is 6.78. The van der Waals surface area contributed by atoms with E-state index in [1.807, 2.05) is 0 Å². The van der Waals surface area contributed by atoms with E-state index in [1.165, 1.54) is 76.5 Å². The predicted octanol–water partition coefficient (Wildman–Crippen LogP) is 10.2. The Labute approximate surface area is 230 Å². The van der Waals surface area contributed by atoms with Gasteiger partial charge >= 0.3 is 0 Å². The SMILES string of the molecule is c1ccc(-n2c3ccccc3c3c4c(ccc32)ccc2c4c3ccccc3n2-c2ccc3ccccc3c2)cc1. The van der Waals surface area contributed by atoms with Crippen molar-refractivity contribution in [3.8, 4) is 11.4 Å². The van der Waals surface area contributed by atoms with Crippen molar-refractivity contribution < 1.29 is 0 Å². The fraction of sp³-hybridized carbons (Fsp3) is 0. The van der Waals surface area contributed by atoms with Gasteiger partial charge in [0.2, 0.25) is 0 Å². The summed E-state index contributed by atoms with van der Waals surface area (Å²) in [6.45, 7) is 0. The second kappa shape index (κ2) is 8.08. The number of fused-ring (bicyclic) bond motifs is 10. The summed E-state index contributed by atoms with van der Waals surface area (Å²) in [5, 5.41) is 10.3. The topological polar surface area (TPSA) is 9.86 Å². The first-order chi connectivity index (χ1) is 19.9. The number of hydrogen-bond donors (Lipinski definition) is 0. The lowest BCUT2D eigenvalue weighted by atomic mass is 9.98. The van der Waals surface area contributed by atoms with Crippen LogP contribution >= 0.6 is 0 Å². The molecule has 0 aliphatic heterocycles. The van der Waals surface area contributed by atoms with Crippen LogP contribution in [0.1, 0.15) is 0 Å². The van der Waals surface area contributed by atoms with E-state index in [-0.39, 0.29) is 0 Å². The molecule has 0 spiro atoms. The molecule has 0 aliphatic rings. The quantitative estimate of drug-likeness (QED) is 0.220. The number of benzene rings is 7. The number of nitrogens with zero attached hydrogens (tertiary/aromatic N) is 2. The lowest BCUT2D eigenvalue weighted by molar-refractivity contribution is 1.18. The molecule has 0 fully saturated rings. The van der Waals surface area contributed by atoms with Gasteiger partial charge in [0, 0.05) is 38.3 Å².